The lowest BCUT2D eigenvalue weighted by Crippen LogP contribution is -2.19. The first kappa shape index (κ1) is 20.7. The number of hydrazone groups is 1. The first-order valence-corrected chi connectivity index (χ1v) is 10.9. The fourth-order valence-corrected chi connectivity index (χ4v) is 4.14. The van der Waals surface area contributed by atoms with Crippen LogP contribution < -0.4 is 19.6 Å². The highest BCUT2D eigenvalue weighted by Crippen LogP contribution is 2.32. The summed E-state index contributed by atoms with van der Waals surface area (Å²) < 4.78 is 38.3. The van der Waals surface area contributed by atoms with Crippen molar-refractivity contribution in [3.8, 4) is 11.5 Å². The summed E-state index contributed by atoms with van der Waals surface area (Å²) >= 11 is 6.02. The molecule has 10 heteroatoms. The highest BCUT2D eigenvalue weighted by Gasteiger charge is 2.18. The Morgan fingerprint density at radius 3 is 2.65 bits per heavy atom. The number of benzene rings is 3. The monoisotopic (exact) mass is 457 g/mol. The maximum Gasteiger partial charge on any atom is 0.271 e. The predicted molar refractivity (Wildman–Crippen MR) is 116 cm³/mol. The summed E-state index contributed by atoms with van der Waals surface area (Å²) in [6.45, 7) is 0.164. The minimum absolute atomic E-state index is 0.0835. The molecular formula is C21H16ClN3O5S. The summed E-state index contributed by atoms with van der Waals surface area (Å²) in [5.41, 5.74) is 3.45. The lowest BCUT2D eigenvalue weighted by Gasteiger charge is -2.10. The number of para-hydroxylation sites is 1. The van der Waals surface area contributed by atoms with Gasteiger partial charge in [-0.25, -0.2) is 13.8 Å². The average Bonchev–Trinajstić information content (AvgIpc) is 3.23. The van der Waals surface area contributed by atoms with E-state index in [0.717, 1.165) is 0 Å². The summed E-state index contributed by atoms with van der Waals surface area (Å²) in [6, 6.07) is 17.3. The minimum Gasteiger partial charge on any atom is -0.454 e. The fourth-order valence-electron chi connectivity index (χ4n) is 2.78. The molecule has 1 amide bonds. The van der Waals surface area contributed by atoms with E-state index >= 15 is 0 Å². The van der Waals surface area contributed by atoms with E-state index in [-0.39, 0.29) is 28.0 Å². The highest BCUT2D eigenvalue weighted by molar-refractivity contribution is 7.92. The average molecular weight is 458 g/mol. The van der Waals surface area contributed by atoms with E-state index in [1.165, 1.54) is 30.5 Å². The first-order valence-electron chi connectivity index (χ1n) is 9.03. The van der Waals surface area contributed by atoms with E-state index in [1.807, 2.05) is 0 Å². The van der Waals surface area contributed by atoms with Crippen molar-refractivity contribution in [1.82, 2.24) is 5.43 Å². The number of amides is 1. The molecule has 0 unspecified atom stereocenters. The van der Waals surface area contributed by atoms with Crippen LogP contribution in [0.1, 0.15) is 15.9 Å². The number of anilines is 1. The first-order chi connectivity index (χ1) is 14.9. The van der Waals surface area contributed by atoms with Crippen LogP contribution in [0.2, 0.25) is 5.02 Å². The van der Waals surface area contributed by atoms with Gasteiger partial charge in [0.2, 0.25) is 6.79 Å². The zero-order chi connectivity index (χ0) is 21.8. The number of ether oxygens (including phenoxy) is 2. The SMILES string of the molecule is O=C(N/N=C\c1ccc2c(c1)OCO2)c1cccc(S(=O)(=O)Nc2ccccc2Cl)c1. The van der Waals surface area contributed by atoms with Crippen LogP contribution in [-0.4, -0.2) is 27.3 Å². The standard InChI is InChI=1S/C21H16ClN3O5S/c22-17-6-1-2-7-18(17)25-31(27,28)16-5-3-4-15(11-16)21(26)24-23-12-14-8-9-19-20(10-14)30-13-29-19/h1-12,25H,13H2,(H,24,26)/b23-12-. The third-order valence-electron chi connectivity index (χ3n) is 4.30. The Bertz CT molecular complexity index is 1280. The highest BCUT2D eigenvalue weighted by atomic mass is 35.5. The van der Waals surface area contributed by atoms with E-state index < -0.39 is 15.9 Å². The van der Waals surface area contributed by atoms with Crippen molar-refractivity contribution in [3.05, 3.63) is 82.9 Å². The zero-order valence-electron chi connectivity index (χ0n) is 15.9. The van der Waals surface area contributed by atoms with Crippen molar-refractivity contribution in [2.75, 3.05) is 11.5 Å². The third-order valence-corrected chi connectivity index (χ3v) is 5.99. The van der Waals surface area contributed by atoms with Crippen LogP contribution in [-0.2, 0) is 10.0 Å². The Labute approximate surface area is 183 Å². The summed E-state index contributed by atoms with van der Waals surface area (Å²) in [7, 11) is -3.94. The normalized spacial score (nSPS) is 12.7. The Morgan fingerprint density at radius 1 is 1.00 bits per heavy atom. The molecule has 0 bridgehead atoms. The minimum atomic E-state index is -3.94. The van der Waals surface area contributed by atoms with Crippen LogP contribution in [0.5, 0.6) is 11.5 Å². The molecular weight excluding hydrogens is 442 g/mol. The Hall–Kier alpha value is -3.56. The van der Waals surface area contributed by atoms with Crippen LogP contribution >= 0.6 is 11.6 Å². The molecule has 0 radical (unpaired) electrons. The molecule has 0 atom stereocenters. The van der Waals surface area contributed by atoms with Crippen molar-refractivity contribution in [3.63, 3.8) is 0 Å². The molecule has 4 rings (SSSR count). The summed E-state index contributed by atoms with van der Waals surface area (Å²) in [6.07, 6.45) is 1.44. The number of carbonyl (C=O) groups is 1. The van der Waals surface area contributed by atoms with Crippen LogP contribution in [0.15, 0.2) is 76.7 Å². The molecule has 0 saturated heterocycles. The molecule has 0 fully saturated rings. The molecule has 8 nitrogen and oxygen atoms in total. The molecule has 1 aliphatic heterocycles. The van der Waals surface area contributed by atoms with E-state index in [2.05, 4.69) is 15.2 Å². The number of rotatable bonds is 6. The van der Waals surface area contributed by atoms with Crippen molar-refractivity contribution in [2.45, 2.75) is 4.90 Å². The van der Waals surface area contributed by atoms with E-state index in [0.29, 0.717) is 17.1 Å². The largest absolute Gasteiger partial charge is 0.454 e. The maximum absolute atomic E-state index is 12.7. The van der Waals surface area contributed by atoms with Gasteiger partial charge < -0.3 is 9.47 Å². The third kappa shape index (κ3) is 4.79. The zero-order valence-corrected chi connectivity index (χ0v) is 17.5. The fraction of sp³-hybridized carbons (Fsp3) is 0.0476. The van der Waals surface area contributed by atoms with Crippen LogP contribution in [0, 0.1) is 0 Å². The van der Waals surface area contributed by atoms with Crippen molar-refractivity contribution >= 4 is 39.4 Å². The van der Waals surface area contributed by atoms with Gasteiger partial charge in [-0.1, -0.05) is 29.8 Å². The maximum atomic E-state index is 12.7. The van der Waals surface area contributed by atoms with E-state index in [4.69, 9.17) is 21.1 Å². The molecule has 31 heavy (non-hydrogen) atoms. The Morgan fingerprint density at radius 2 is 1.81 bits per heavy atom. The van der Waals surface area contributed by atoms with Crippen LogP contribution in [0.25, 0.3) is 0 Å². The number of hydrogen-bond donors (Lipinski definition) is 2. The Balaban J connectivity index is 1.46. The number of carbonyl (C=O) groups excluding carboxylic acids is 1. The molecule has 1 aliphatic rings. The number of nitrogens with one attached hydrogen (secondary N) is 2. The van der Waals surface area contributed by atoms with Gasteiger partial charge in [0.05, 0.1) is 21.8 Å². The molecule has 0 spiro atoms. The predicted octanol–water partition coefficient (Wildman–Crippen LogP) is 3.63. The van der Waals surface area contributed by atoms with Gasteiger partial charge in [0.1, 0.15) is 0 Å². The van der Waals surface area contributed by atoms with Gasteiger partial charge in [-0.15, -0.1) is 0 Å². The topological polar surface area (TPSA) is 106 Å². The van der Waals surface area contributed by atoms with Crippen LogP contribution in [0.3, 0.4) is 0 Å². The molecule has 0 aliphatic carbocycles. The van der Waals surface area contributed by atoms with Gasteiger partial charge in [-0.2, -0.15) is 5.10 Å². The van der Waals surface area contributed by atoms with Gasteiger partial charge >= 0.3 is 0 Å². The van der Waals surface area contributed by atoms with Crippen molar-refractivity contribution in [1.29, 1.82) is 0 Å². The van der Waals surface area contributed by atoms with Crippen molar-refractivity contribution in [2.24, 2.45) is 5.10 Å². The molecule has 0 aromatic heterocycles. The number of nitrogens with zero attached hydrogens (tertiary/aromatic N) is 1. The molecule has 158 valence electrons. The van der Waals surface area contributed by atoms with Gasteiger partial charge in [-0.3, -0.25) is 9.52 Å². The smallest absolute Gasteiger partial charge is 0.271 e. The van der Waals surface area contributed by atoms with Crippen molar-refractivity contribution < 1.29 is 22.7 Å². The molecule has 1 heterocycles. The van der Waals surface area contributed by atoms with Gasteiger partial charge in [0.25, 0.3) is 15.9 Å². The molecule has 3 aromatic rings. The Kier molecular flexibility index (Phi) is 5.79. The van der Waals surface area contributed by atoms with E-state index in [9.17, 15) is 13.2 Å². The molecule has 0 saturated carbocycles. The quantitative estimate of drug-likeness (QED) is 0.434. The van der Waals surface area contributed by atoms with Gasteiger partial charge in [-0.05, 0) is 54.1 Å². The number of halogens is 1. The second-order valence-corrected chi connectivity index (χ2v) is 8.51. The summed E-state index contributed by atoms with van der Waals surface area (Å²) in [5, 5.41) is 4.17. The van der Waals surface area contributed by atoms with Gasteiger partial charge in [0, 0.05) is 5.56 Å². The lowest BCUT2D eigenvalue weighted by atomic mass is 10.2. The number of sulfonamides is 1. The second-order valence-electron chi connectivity index (χ2n) is 6.43. The van der Waals surface area contributed by atoms with E-state index in [1.54, 1.807) is 42.5 Å². The summed E-state index contributed by atoms with van der Waals surface area (Å²) in [5.74, 6) is 0.676. The lowest BCUT2D eigenvalue weighted by molar-refractivity contribution is 0.0955. The molecule has 2 N–H and O–H groups in total. The summed E-state index contributed by atoms with van der Waals surface area (Å²) in [4.78, 5) is 12.3. The number of hydrogen-bond acceptors (Lipinski definition) is 6. The second kappa shape index (κ2) is 8.66. The van der Waals surface area contributed by atoms with Gasteiger partial charge in [0.15, 0.2) is 11.5 Å². The van der Waals surface area contributed by atoms with Crippen LogP contribution in [0.4, 0.5) is 5.69 Å². The number of fused-ring (bicyclic) bond motifs is 1. The molecule has 3 aromatic carbocycles.